The molecule has 1 atom stereocenters. The predicted octanol–water partition coefficient (Wildman–Crippen LogP) is 1.99. The minimum absolute atomic E-state index is 0.337. The topological polar surface area (TPSA) is 82.8 Å². The van der Waals surface area contributed by atoms with E-state index in [2.05, 4.69) is 17.6 Å². The van der Waals surface area contributed by atoms with Crippen LogP contribution >= 0.6 is 0 Å². The van der Waals surface area contributed by atoms with E-state index in [1.54, 1.807) is 27.8 Å². The zero-order valence-electron chi connectivity index (χ0n) is 15.8. The molecule has 0 aromatic heterocycles. The Morgan fingerprint density at radius 3 is 2.17 bits per heavy atom. The summed E-state index contributed by atoms with van der Waals surface area (Å²) in [6.07, 6.45) is 0.154. The number of aliphatic hydroxyl groups excluding tert-OH is 1. The number of alkyl carbamates (subject to hydrolysis) is 1. The highest BCUT2D eigenvalue weighted by Crippen LogP contribution is 2.10. The largest absolute Gasteiger partial charge is 0.476 e. The van der Waals surface area contributed by atoms with E-state index in [1.807, 2.05) is 20.8 Å². The lowest BCUT2D eigenvalue weighted by Crippen LogP contribution is -2.51. The standard InChI is InChI=1S/C16H33N3O4/c1-9-10-11-17-12(18-13(20)22-15(2,3)4)19(8)14(21)23-16(5,6)7/h14,21H,9-11H2,1-8H3,(H,17,18,20)/p+1. The maximum atomic E-state index is 12.0. The summed E-state index contributed by atoms with van der Waals surface area (Å²) in [4.78, 5) is 12.0. The van der Waals surface area contributed by atoms with Gasteiger partial charge in [0, 0.05) is 0 Å². The molecule has 0 saturated carbocycles. The third-order valence-electron chi connectivity index (χ3n) is 2.59. The van der Waals surface area contributed by atoms with Crippen LogP contribution < -0.4 is 10.6 Å². The van der Waals surface area contributed by atoms with Gasteiger partial charge in [0.1, 0.15) is 5.60 Å². The maximum Gasteiger partial charge on any atom is 0.476 e. The molecule has 7 heteroatoms. The summed E-state index contributed by atoms with van der Waals surface area (Å²) in [5.41, 5.74) is -1.12. The normalized spacial score (nSPS) is 14.8. The van der Waals surface area contributed by atoms with E-state index >= 15 is 0 Å². The molecular formula is C16H34N3O4+. The summed E-state index contributed by atoms with van der Waals surface area (Å²) in [6, 6.07) is 0. The number of guanidine groups is 1. The highest BCUT2D eigenvalue weighted by Gasteiger charge is 2.26. The van der Waals surface area contributed by atoms with Crippen LogP contribution in [0.2, 0.25) is 0 Å². The second kappa shape index (κ2) is 9.08. The van der Waals surface area contributed by atoms with Gasteiger partial charge in [-0.3, -0.25) is 5.32 Å². The van der Waals surface area contributed by atoms with Crippen molar-refractivity contribution in [1.29, 1.82) is 0 Å². The molecule has 0 spiro atoms. The van der Waals surface area contributed by atoms with Gasteiger partial charge in [-0.15, -0.1) is 0 Å². The van der Waals surface area contributed by atoms with Crippen LogP contribution in [0.3, 0.4) is 0 Å². The Kier molecular flexibility index (Phi) is 8.55. The Balaban J connectivity index is 5.09. The number of hydrogen-bond donors (Lipinski definition) is 3. The summed E-state index contributed by atoms with van der Waals surface area (Å²) in [6.45, 7) is 13.6. The molecule has 0 aliphatic heterocycles. The molecule has 0 saturated heterocycles. The molecule has 0 bridgehead atoms. The molecule has 0 aromatic carbocycles. The van der Waals surface area contributed by atoms with E-state index in [9.17, 15) is 9.90 Å². The van der Waals surface area contributed by atoms with Gasteiger partial charge in [-0.25, -0.2) is 9.37 Å². The molecule has 23 heavy (non-hydrogen) atoms. The van der Waals surface area contributed by atoms with Crippen molar-refractivity contribution in [3.05, 3.63) is 0 Å². The average molecular weight is 332 g/mol. The third-order valence-corrected chi connectivity index (χ3v) is 2.59. The van der Waals surface area contributed by atoms with Crippen LogP contribution in [0, 0.1) is 0 Å². The molecule has 0 fully saturated rings. The van der Waals surface area contributed by atoms with Gasteiger partial charge >= 0.3 is 12.1 Å². The minimum atomic E-state index is -1.20. The summed E-state index contributed by atoms with van der Waals surface area (Å²) in [5.74, 6) is 0.337. The highest BCUT2D eigenvalue weighted by atomic mass is 16.6. The summed E-state index contributed by atoms with van der Waals surface area (Å²) >= 11 is 0. The van der Waals surface area contributed by atoms with Gasteiger partial charge in [0.2, 0.25) is 0 Å². The first kappa shape index (κ1) is 21.7. The van der Waals surface area contributed by atoms with Crippen LogP contribution in [-0.2, 0) is 9.47 Å². The number of carbonyl (C=O) groups excluding carboxylic acids is 1. The zero-order valence-corrected chi connectivity index (χ0v) is 15.8. The van der Waals surface area contributed by atoms with Crippen molar-refractivity contribution in [3.8, 4) is 0 Å². The fourth-order valence-electron chi connectivity index (χ4n) is 1.55. The van der Waals surface area contributed by atoms with Gasteiger partial charge in [0.05, 0.1) is 19.2 Å². The molecule has 0 aliphatic carbocycles. The van der Waals surface area contributed by atoms with Gasteiger partial charge in [-0.05, 0) is 48.0 Å². The van der Waals surface area contributed by atoms with Crippen molar-refractivity contribution < 1.29 is 24.0 Å². The van der Waals surface area contributed by atoms with Crippen molar-refractivity contribution in [3.63, 3.8) is 0 Å². The zero-order chi connectivity index (χ0) is 18.3. The lowest BCUT2D eigenvalue weighted by atomic mass is 10.2. The molecule has 0 rings (SSSR count). The predicted molar refractivity (Wildman–Crippen MR) is 90.3 cm³/mol. The molecule has 7 nitrogen and oxygen atoms in total. The van der Waals surface area contributed by atoms with Crippen molar-refractivity contribution in [1.82, 2.24) is 10.6 Å². The third kappa shape index (κ3) is 10.9. The average Bonchev–Trinajstić information content (AvgIpc) is 2.32. The molecule has 0 aromatic rings. The second-order valence-electron chi connectivity index (χ2n) is 7.42. The summed E-state index contributed by atoms with van der Waals surface area (Å²) < 4.78 is 12.2. The Labute approximate surface area is 140 Å². The molecule has 0 heterocycles. The quantitative estimate of drug-likeness (QED) is 0.236. The Hall–Kier alpha value is -1.34. The van der Waals surface area contributed by atoms with Gasteiger partial charge in [0.25, 0.3) is 6.41 Å². The van der Waals surface area contributed by atoms with Gasteiger partial charge in [-0.2, -0.15) is 5.32 Å². The number of nitrogens with zero attached hydrogens (tertiary/aromatic N) is 1. The fourth-order valence-corrected chi connectivity index (χ4v) is 1.55. The van der Waals surface area contributed by atoms with Crippen LogP contribution in [0.15, 0.2) is 0 Å². The molecule has 1 amide bonds. The molecule has 1 unspecified atom stereocenters. The number of aliphatic hydroxyl groups is 1. The van der Waals surface area contributed by atoms with Crippen LogP contribution in [0.5, 0.6) is 0 Å². The first-order valence-electron chi connectivity index (χ1n) is 8.05. The van der Waals surface area contributed by atoms with Gasteiger partial charge in [0.15, 0.2) is 0 Å². The molecular weight excluding hydrogens is 298 g/mol. The Morgan fingerprint density at radius 2 is 1.74 bits per heavy atom. The summed E-state index contributed by atoms with van der Waals surface area (Å²) in [5, 5.41) is 15.9. The van der Waals surface area contributed by atoms with Crippen molar-refractivity contribution in [2.24, 2.45) is 0 Å². The molecule has 136 valence electrons. The highest BCUT2D eigenvalue weighted by molar-refractivity contribution is 5.91. The first-order valence-corrected chi connectivity index (χ1v) is 8.05. The molecule has 0 aliphatic rings. The van der Waals surface area contributed by atoms with E-state index in [0.717, 1.165) is 12.8 Å². The number of rotatable bonds is 5. The second-order valence-corrected chi connectivity index (χ2v) is 7.42. The molecule has 3 N–H and O–H groups in total. The Morgan fingerprint density at radius 1 is 1.17 bits per heavy atom. The van der Waals surface area contributed by atoms with Crippen LogP contribution in [0.25, 0.3) is 0 Å². The van der Waals surface area contributed by atoms with Crippen LogP contribution in [0.4, 0.5) is 4.79 Å². The van der Waals surface area contributed by atoms with E-state index in [4.69, 9.17) is 9.47 Å². The number of hydrogen-bond acceptors (Lipinski definition) is 4. The lowest BCUT2D eigenvalue weighted by molar-refractivity contribution is -0.649. The lowest BCUT2D eigenvalue weighted by Gasteiger charge is -2.24. The smallest absolute Gasteiger partial charge is 0.432 e. The van der Waals surface area contributed by atoms with Crippen molar-refractivity contribution >= 4 is 12.1 Å². The van der Waals surface area contributed by atoms with Gasteiger partial charge in [-0.1, -0.05) is 13.3 Å². The van der Waals surface area contributed by atoms with E-state index < -0.39 is 23.7 Å². The Bertz CT molecular complexity index is 409. The summed E-state index contributed by atoms with van der Waals surface area (Å²) in [7, 11) is 1.63. The minimum Gasteiger partial charge on any atom is -0.432 e. The van der Waals surface area contributed by atoms with Crippen LogP contribution in [0.1, 0.15) is 61.3 Å². The van der Waals surface area contributed by atoms with Crippen molar-refractivity contribution in [2.45, 2.75) is 78.9 Å². The van der Waals surface area contributed by atoms with Crippen LogP contribution in [-0.4, -0.2) is 52.9 Å². The number of carbonyl (C=O) groups is 1. The van der Waals surface area contributed by atoms with Gasteiger partial charge < -0.3 is 14.6 Å². The number of nitrogens with one attached hydrogen (secondary N) is 2. The number of unbranched alkanes of at least 4 members (excludes halogenated alkanes) is 1. The fraction of sp³-hybridized carbons (Fsp3) is 0.875. The molecule has 0 radical (unpaired) electrons. The van der Waals surface area contributed by atoms with E-state index in [1.165, 1.54) is 4.58 Å². The number of ether oxygens (including phenoxy) is 2. The SMILES string of the molecule is CCCCN/C(NC(=O)OC(C)(C)C)=[N+](\C)C(O)OC(C)(C)C. The van der Waals surface area contributed by atoms with E-state index in [-0.39, 0.29) is 0 Å². The monoisotopic (exact) mass is 332 g/mol. The van der Waals surface area contributed by atoms with Crippen molar-refractivity contribution in [2.75, 3.05) is 13.6 Å². The maximum absolute atomic E-state index is 12.0. The van der Waals surface area contributed by atoms with E-state index in [0.29, 0.717) is 12.5 Å². The number of amides is 1. The first-order chi connectivity index (χ1) is 10.4.